The third kappa shape index (κ3) is 5.36. The van der Waals surface area contributed by atoms with Crippen molar-refractivity contribution >= 4 is 12.0 Å². The second-order valence-electron chi connectivity index (χ2n) is 12.4. The summed E-state index contributed by atoms with van der Waals surface area (Å²) in [5.41, 5.74) is 1.25. The first kappa shape index (κ1) is 29.5. The van der Waals surface area contributed by atoms with Gasteiger partial charge < -0.3 is 15.1 Å². The van der Waals surface area contributed by atoms with E-state index in [1.165, 1.54) is 29.8 Å². The van der Waals surface area contributed by atoms with E-state index in [1.807, 2.05) is 24.3 Å². The predicted octanol–water partition coefficient (Wildman–Crippen LogP) is 5.98. The van der Waals surface area contributed by atoms with Crippen molar-refractivity contribution in [2.24, 2.45) is 0 Å². The topological polar surface area (TPSA) is 64.0 Å². The molecule has 6 rings (SSSR count). The fourth-order valence-electron chi connectivity index (χ4n) is 7.87. The number of halogens is 3. The fourth-order valence-corrected chi connectivity index (χ4v) is 7.87. The normalized spacial score (nSPS) is 27.0. The lowest BCUT2D eigenvalue weighted by atomic mass is 9.48. The van der Waals surface area contributed by atoms with Gasteiger partial charge in [-0.2, -0.15) is 13.2 Å². The Kier molecular flexibility index (Phi) is 7.63. The van der Waals surface area contributed by atoms with E-state index >= 15 is 0 Å². The number of alkyl halides is 3. The van der Waals surface area contributed by atoms with Crippen LogP contribution in [0.2, 0.25) is 0 Å². The van der Waals surface area contributed by atoms with E-state index in [4.69, 9.17) is 0 Å². The molecule has 0 radical (unpaired) electrons. The standard InChI is InChI=1S/C35H37F3N2O3/c1-39(32(42)13-10-25-8-5-9-27(20-25)35(36,37)38)28-14-16-34(43)31-21-26-11-12-29(41)22-30(26)33(34,23-28)17-19-40(31)18-15-24-6-3-2-4-7-24/h2-13,20,22,28,31,41,43H,14-19,21,23H2,1H3/b13-10+/t28?,31-,33-,34-/m1/s1. The van der Waals surface area contributed by atoms with Crippen LogP contribution in [-0.4, -0.2) is 63.7 Å². The molecule has 1 saturated heterocycles. The third-order valence-corrected chi connectivity index (χ3v) is 10.2. The molecule has 1 unspecified atom stereocenters. The summed E-state index contributed by atoms with van der Waals surface area (Å²) in [6.07, 6.45) is 2.23. The molecule has 4 atom stereocenters. The average molecular weight is 591 g/mol. The number of likely N-dealkylation sites (N-methyl/N-ethyl adjacent to an activating group) is 1. The van der Waals surface area contributed by atoms with Crippen LogP contribution in [-0.2, 0) is 29.2 Å². The van der Waals surface area contributed by atoms with Crippen LogP contribution >= 0.6 is 0 Å². The van der Waals surface area contributed by atoms with Gasteiger partial charge in [0.15, 0.2) is 0 Å². The lowest BCUT2D eigenvalue weighted by Crippen LogP contribution is -2.74. The summed E-state index contributed by atoms with van der Waals surface area (Å²) < 4.78 is 39.4. The monoisotopic (exact) mass is 590 g/mol. The molecular formula is C35H37F3N2O3. The third-order valence-electron chi connectivity index (χ3n) is 10.2. The van der Waals surface area contributed by atoms with Crippen LogP contribution in [0.3, 0.4) is 0 Å². The minimum atomic E-state index is -4.46. The molecule has 1 aliphatic heterocycles. The van der Waals surface area contributed by atoms with E-state index in [0.29, 0.717) is 37.7 Å². The summed E-state index contributed by atoms with van der Waals surface area (Å²) in [6.45, 7) is 1.64. The molecule has 5 nitrogen and oxygen atoms in total. The van der Waals surface area contributed by atoms with Crippen LogP contribution in [0.15, 0.2) is 78.9 Å². The van der Waals surface area contributed by atoms with Gasteiger partial charge >= 0.3 is 6.18 Å². The number of aliphatic hydroxyl groups is 1. The predicted molar refractivity (Wildman–Crippen MR) is 159 cm³/mol. The maximum absolute atomic E-state index is 13.3. The molecule has 0 spiro atoms. The number of amides is 1. The number of phenolic OH excluding ortho intramolecular Hbond substituents is 1. The Morgan fingerprint density at radius 1 is 1.07 bits per heavy atom. The highest BCUT2D eigenvalue weighted by Gasteiger charge is 2.64. The van der Waals surface area contributed by atoms with Crippen molar-refractivity contribution in [3.8, 4) is 5.75 Å². The summed E-state index contributed by atoms with van der Waals surface area (Å²) in [4.78, 5) is 17.4. The quantitative estimate of drug-likeness (QED) is 0.347. The van der Waals surface area contributed by atoms with E-state index in [-0.39, 0.29) is 23.7 Å². The Morgan fingerprint density at radius 3 is 2.63 bits per heavy atom. The molecule has 1 heterocycles. The van der Waals surface area contributed by atoms with Crippen molar-refractivity contribution < 1.29 is 28.2 Å². The number of piperidine rings is 1. The second-order valence-corrected chi connectivity index (χ2v) is 12.4. The molecule has 3 aliphatic rings. The van der Waals surface area contributed by atoms with Crippen molar-refractivity contribution in [1.82, 2.24) is 9.80 Å². The molecule has 2 fully saturated rings. The van der Waals surface area contributed by atoms with E-state index < -0.39 is 22.8 Å². The summed E-state index contributed by atoms with van der Waals surface area (Å²) in [5, 5.41) is 23.1. The lowest BCUT2D eigenvalue weighted by Gasteiger charge is -2.65. The van der Waals surface area contributed by atoms with Crippen molar-refractivity contribution in [2.75, 3.05) is 20.1 Å². The number of carbonyl (C=O) groups is 1. The number of hydrogen-bond acceptors (Lipinski definition) is 4. The number of nitrogens with zero attached hydrogens (tertiary/aromatic N) is 2. The Balaban J connectivity index is 1.25. The first-order valence-corrected chi connectivity index (χ1v) is 14.9. The Morgan fingerprint density at radius 2 is 1.86 bits per heavy atom. The largest absolute Gasteiger partial charge is 0.508 e. The zero-order chi connectivity index (χ0) is 30.4. The van der Waals surface area contributed by atoms with Crippen LogP contribution < -0.4 is 0 Å². The van der Waals surface area contributed by atoms with Gasteiger partial charge in [0.2, 0.25) is 5.91 Å². The molecule has 3 aromatic rings. The van der Waals surface area contributed by atoms with Gasteiger partial charge in [0.05, 0.1) is 11.2 Å². The second kappa shape index (κ2) is 11.1. The maximum atomic E-state index is 13.3. The molecule has 1 saturated carbocycles. The smallest absolute Gasteiger partial charge is 0.416 e. The highest BCUT2D eigenvalue weighted by atomic mass is 19.4. The number of likely N-dealkylation sites (tertiary alicyclic amines) is 1. The van der Waals surface area contributed by atoms with Gasteiger partial charge in [0.25, 0.3) is 0 Å². The highest BCUT2D eigenvalue weighted by molar-refractivity contribution is 5.91. The number of aromatic hydroxyl groups is 1. The maximum Gasteiger partial charge on any atom is 0.416 e. The summed E-state index contributed by atoms with van der Waals surface area (Å²) >= 11 is 0. The number of carbonyl (C=O) groups excluding carboxylic acids is 1. The van der Waals surface area contributed by atoms with Crippen molar-refractivity contribution in [1.29, 1.82) is 0 Å². The summed E-state index contributed by atoms with van der Waals surface area (Å²) in [6, 6.07) is 20.5. The first-order chi connectivity index (χ1) is 20.5. The van der Waals surface area contributed by atoms with Crippen LogP contribution in [0.1, 0.15) is 53.5 Å². The van der Waals surface area contributed by atoms with E-state index in [0.717, 1.165) is 42.8 Å². The lowest BCUT2D eigenvalue weighted by molar-refractivity contribution is -0.176. The number of rotatable bonds is 6. The number of phenols is 1. The van der Waals surface area contributed by atoms with Gasteiger partial charge in [-0.3, -0.25) is 9.69 Å². The molecule has 226 valence electrons. The summed E-state index contributed by atoms with van der Waals surface area (Å²) in [5.74, 6) is -0.135. The zero-order valence-electron chi connectivity index (χ0n) is 24.2. The number of benzene rings is 3. The van der Waals surface area contributed by atoms with E-state index in [2.05, 4.69) is 17.0 Å². The van der Waals surface area contributed by atoms with Crippen LogP contribution in [0.25, 0.3) is 6.08 Å². The SMILES string of the molecule is CN(C(=O)/C=C/c1cccc(C(F)(F)F)c1)C1CC[C@@]2(O)[C@H]3Cc4ccc(O)cc4[C@@]2(CCN3CCc2ccccc2)C1. The van der Waals surface area contributed by atoms with Gasteiger partial charge in [-0.15, -0.1) is 0 Å². The molecule has 8 heteroatoms. The molecule has 2 bridgehead atoms. The Labute approximate surface area is 250 Å². The molecule has 43 heavy (non-hydrogen) atoms. The fraction of sp³-hybridized carbons (Fsp3) is 0.400. The van der Waals surface area contributed by atoms with Crippen molar-refractivity contribution in [3.63, 3.8) is 0 Å². The minimum absolute atomic E-state index is 0.0789. The zero-order valence-corrected chi connectivity index (χ0v) is 24.2. The van der Waals surface area contributed by atoms with Crippen LogP contribution in [0, 0.1) is 0 Å². The molecule has 1 amide bonds. The van der Waals surface area contributed by atoms with Crippen LogP contribution in [0.5, 0.6) is 5.75 Å². The van der Waals surface area contributed by atoms with Crippen LogP contribution in [0.4, 0.5) is 13.2 Å². The van der Waals surface area contributed by atoms with Gasteiger partial charge in [0.1, 0.15) is 5.75 Å². The molecule has 0 aromatic heterocycles. The van der Waals surface area contributed by atoms with Gasteiger partial charge in [0, 0.05) is 37.2 Å². The van der Waals surface area contributed by atoms with Crippen molar-refractivity contribution in [2.45, 2.75) is 67.8 Å². The highest BCUT2D eigenvalue weighted by Crippen LogP contribution is 2.59. The molecule has 2 aliphatic carbocycles. The molecule has 2 N–H and O–H groups in total. The summed E-state index contributed by atoms with van der Waals surface area (Å²) in [7, 11) is 1.73. The van der Waals surface area contributed by atoms with E-state index in [9.17, 15) is 28.2 Å². The number of hydrogen-bond donors (Lipinski definition) is 2. The molecule has 3 aromatic carbocycles. The average Bonchev–Trinajstić information content (AvgIpc) is 2.99. The number of fused-ring (bicyclic) bond motifs is 1. The van der Waals surface area contributed by atoms with Gasteiger partial charge in [-0.25, -0.2) is 0 Å². The van der Waals surface area contributed by atoms with E-state index in [1.54, 1.807) is 24.1 Å². The van der Waals surface area contributed by atoms with Crippen molar-refractivity contribution in [3.05, 3.63) is 107 Å². The Bertz CT molecular complexity index is 1520. The van der Waals surface area contributed by atoms with Gasteiger partial charge in [-0.1, -0.05) is 48.5 Å². The minimum Gasteiger partial charge on any atom is -0.508 e. The Hall–Kier alpha value is -3.62. The first-order valence-electron chi connectivity index (χ1n) is 14.9. The molecular weight excluding hydrogens is 553 g/mol. The van der Waals surface area contributed by atoms with Gasteiger partial charge in [-0.05, 0) is 97.7 Å².